The molecule has 0 aromatic rings. The Bertz CT molecular complexity index is 189. The second-order valence-electron chi connectivity index (χ2n) is 4.43. The molecule has 0 aromatic carbocycles. The molecule has 98 valence electrons. The molecule has 0 spiro atoms. The minimum Gasteiger partial charge on any atom is -0.384 e. The molecule has 2 unspecified atom stereocenters. The molecule has 0 saturated heterocycles. The number of halogens is 1. The predicted molar refractivity (Wildman–Crippen MR) is 68.7 cm³/mol. The van der Waals surface area contributed by atoms with Crippen molar-refractivity contribution in [3.63, 3.8) is 0 Å². The highest BCUT2D eigenvalue weighted by Gasteiger charge is 2.17. The number of rotatable bonds is 7. The Hall–Kier alpha value is -0.320. The zero-order valence-corrected chi connectivity index (χ0v) is 11.5. The van der Waals surface area contributed by atoms with Crippen LogP contribution < -0.4 is 11.1 Å². The molecule has 5 heteroatoms. The van der Waals surface area contributed by atoms with Crippen LogP contribution in [0.15, 0.2) is 0 Å². The van der Waals surface area contributed by atoms with Crippen LogP contribution in [-0.2, 0) is 9.53 Å². The van der Waals surface area contributed by atoms with Crippen molar-refractivity contribution in [3.05, 3.63) is 0 Å². The van der Waals surface area contributed by atoms with Gasteiger partial charge in [0, 0.05) is 19.7 Å². The first-order chi connectivity index (χ1) is 7.01. The third-order valence-corrected chi connectivity index (χ3v) is 2.25. The van der Waals surface area contributed by atoms with Gasteiger partial charge in [-0.05, 0) is 12.3 Å². The lowest BCUT2D eigenvalue weighted by Gasteiger charge is -2.20. The lowest BCUT2D eigenvalue weighted by molar-refractivity contribution is -0.126. The van der Waals surface area contributed by atoms with Gasteiger partial charge in [-0.2, -0.15) is 0 Å². The summed E-state index contributed by atoms with van der Waals surface area (Å²) < 4.78 is 4.93. The molecule has 0 radical (unpaired) electrons. The quantitative estimate of drug-likeness (QED) is 0.715. The molecule has 0 bridgehead atoms. The Morgan fingerprint density at radius 1 is 1.38 bits per heavy atom. The number of ether oxygens (including phenoxy) is 1. The van der Waals surface area contributed by atoms with E-state index < -0.39 is 0 Å². The highest BCUT2D eigenvalue weighted by atomic mass is 35.5. The van der Waals surface area contributed by atoms with Crippen LogP contribution in [0.25, 0.3) is 0 Å². The Morgan fingerprint density at radius 2 is 1.94 bits per heavy atom. The molecule has 0 aliphatic carbocycles. The number of nitrogens with one attached hydrogen (secondary N) is 1. The van der Waals surface area contributed by atoms with Crippen LogP contribution in [0, 0.1) is 11.8 Å². The van der Waals surface area contributed by atoms with Gasteiger partial charge >= 0.3 is 0 Å². The summed E-state index contributed by atoms with van der Waals surface area (Å²) >= 11 is 0. The summed E-state index contributed by atoms with van der Waals surface area (Å²) in [4.78, 5) is 11.6. The molecule has 0 aliphatic heterocycles. The number of carbonyl (C=O) groups is 1. The standard InChI is InChI=1S/C11H24N2O2.ClH/c1-8(2)5-10(6-12)13-11(14)9(3)7-15-4;/h8-10H,5-7,12H2,1-4H3,(H,13,14);1H. The molecular formula is C11H25ClN2O2. The SMILES string of the molecule is COCC(C)C(=O)NC(CN)CC(C)C.Cl. The fraction of sp³-hybridized carbons (Fsp3) is 0.909. The van der Waals surface area contributed by atoms with Crippen LogP contribution in [0.1, 0.15) is 27.2 Å². The maximum absolute atomic E-state index is 11.6. The van der Waals surface area contributed by atoms with Gasteiger partial charge in [-0.1, -0.05) is 20.8 Å². The molecule has 1 amide bonds. The van der Waals surface area contributed by atoms with Gasteiger partial charge in [-0.15, -0.1) is 12.4 Å². The molecule has 4 nitrogen and oxygen atoms in total. The van der Waals surface area contributed by atoms with Crippen LogP contribution in [0.4, 0.5) is 0 Å². The second kappa shape index (κ2) is 9.87. The average molecular weight is 253 g/mol. The summed E-state index contributed by atoms with van der Waals surface area (Å²) in [5.74, 6) is 0.445. The van der Waals surface area contributed by atoms with Crippen LogP contribution in [0.5, 0.6) is 0 Å². The van der Waals surface area contributed by atoms with Gasteiger partial charge in [0.15, 0.2) is 0 Å². The van der Waals surface area contributed by atoms with Gasteiger partial charge < -0.3 is 15.8 Å². The summed E-state index contributed by atoms with van der Waals surface area (Å²) in [5, 5.41) is 2.94. The van der Waals surface area contributed by atoms with Crippen molar-refractivity contribution >= 4 is 18.3 Å². The van der Waals surface area contributed by atoms with E-state index in [2.05, 4.69) is 19.2 Å². The van der Waals surface area contributed by atoms with E-state index in [1.807, 2.05) is 6.92 Å². The topological polar surface area (TPSA) is 64.3 Å². The summed E-state index contributed by atoms with van der Waals surface area (Å²) in [6.07, 6.45) is 0.919. The second-order valence-corrected chi connectivity index (χ2v) is 4.43. The van der Waals surface area contributed by atoms with E-state index in [1.165, 1.54) is 0 Å². The van der Waals surface area contributed by atoms with Crippen LogP contribution in [-0.4, -0.2) is 32.2 Å². The van der Waals surface area contributed by atoms with Crippen molar-refractivity contribution in [1.29, 1.82) is 0 Å². The Labute approximate surface area is 105 Å². The Kier molecular flexibility index (Phi) is 11.1. The monoisotopic (exact) mass is 252 g/mol. The summed E-state index contributed by atoms with van der Waals surface area (Å²) in [6, 6.07) is 0.0804. The molecule has 0 heterocycles. The Balaban J connectivity index is 0. The molecule has 2 atom stereocenters. The van der Waals surface area contributed by atoms with Gasteiger partial charge in [-0.25, -0.2) is 0 Å². The molecule has 0 rings (SSSR count). The maximum atomic E-state index is 11.6. The maximum Gasteiger partial charge on any atom is 0.225 e. The van der Waals surface area contributed by atoms with Gasteiger partial charge in [0.2, 0.25) is 5.91 Å². The van der Waals surface area contributed by atoms with E-state index >= 15 is 0 Å². The van der Waals surface area contributed by atoms with Gasteiger partial charge in [-0.3, -0.25) is 4.79 Å². The lowest BCUT2D eigenvalue weighted by Crippen LogP contribution is -2.44. The van der Waals surface area contributed by atoms with Gasteiger partial charge in [0.1, 0.15) is 0 Å². The molecule has 16 heavy (non-hydrogen) atoms. The third kappa shape index (κ3) is 7.91. The van der Waals surface area contributed by atoms with Crippen LogP contribution >= 0.6 is 12.4 Å². The van der Waals surface area contributed by atoms with Crippen molar-refractivity contribution in [1.82, 2.24) is 5.32 Å². The van der Waals surface area contributed by atoms with E-state index in [9.17, 15) is 4.79 Å². The van der Waals surface area contributed by atoms with E-state index in [1.54, 1.807) is 7.11 Å². The molecule has 0 fully saturated rings. The molecular weight excluding hydrogens is 228 g/mol. The first kappa shape index (κ1) is 18.1. The fourth-order valence-electron chi connectivity index (χ4n) is 1.45. The smallest absolute Gasteiger partial charge is 0.225 e. The lowest BCUT2D eigenvalue weighted by atomic mass is 10.0. The number of carbonyl (C=O) groups excluding carboxylic acids is 1. The minimum absolute atomic E-state index is 0. The van der Waals surface area contributed by atoms with Crippen LogP contribution in [0.3, 0.4) is 0 Å². The molecule has 0 aliphatic rings. The summed E-state index contributed by atoms with van der Waals surface area (Å²) in [7, 11) is 1.60. The predicted octanol–water partition coefficient (Wildman–Crippen LogP) is 1.18. The first-order valence-electron chi connectivity index (χ1n) is 5.50. The fourth-order valence-corrected chi connectivity index (χ4v) is 1.45. The van der Waals surface area contributed by atoms with E-state index in [-0.39, 0.29) is 30.3 Å². The Morgan fingerprint density at radius 3 is 2.31 bits per heavy atom. The van der Waals surface area contributed by atoms with Crippen molar-refractivity contribution in [2.45, 2.75) is 33.2 Å². The molecule has 0 aromatic heterocycles. The van der Waals surface area contributed by atoms with Gasteiger partial charge in [0.05, 0.1) is 12.5 Å². The van der Waals surface area contributed by atoms with Crippen LogP contribution in [0.2, 0.25) is 0 Å². The van der Waals surface area contributed by atoms with Crippen molar-refractivity contribution in [2.24, 2.45) is 17.6 Å². The van der Waals surface area contributed by atoms with E-state index in [0.29, 0.717) is 19.1 Å². The number of methoxy groups -OCH3 is 1. The zero-order valence-electron chi connectivity index (χ0n) is 10.7. The number of amides is 1. The third-order valence-electron chi connectivity index (χ3n) is 2.25. The highest BCUT2D eigenvalue weighted by Crippen LogP contribution is 2.05. The summed E-state index contributed by atoms with van der Waals surface area (Å²) in [5.41, 5.74) is 5.60. The molecule has 0 saturated carbocycles. The minimum atomic E-state index is -0.115. The largest absolute Gasteiger partial charge is 0.384 e. The van der Waals surface area contributed by atoms with E-state index in [0.717, 1.165) is 6.42 Å². The number of hydrogen-bond donors (Lipinski definition) is 2. The highest BCUT2D eigenvalue weighted by molar-refractivity contribution is 5.85. The first-order valence-corrected chi connectivity index (χ1v) is 5.50. The normalized spacial score (nSPS) is 14.1. The van der Waals surface area contributed by atoms with Crippen molar-refractivity contribution < 1.29 is 9.53 Å². The van der Waals surface area contributed by atoms with Gasteiger partial charge in [0.25, 0.3) is 0 Å². The molecule has 3 N–H and O–H groups in total. The number of hydrogen-bond acceptors (Lipinski definition) is 3. The summed E-state index contributed by atoms with van der Waals surface area (Å²) in [6.45, 7) is 7.02. The van der Waals surface area contributed by atoms with E-state index in [4.69, 9.17) is 10.5 Å². The average Bonchev–Trinajstić information content (AvgIpc) is 2.16. The van der Waals surface area contributed by atoms with Crippen molar-refractivity contribution in [3.8, 4) is 0 Å². The zero-order chi connectivity index (χ0) is 11.8. The van der Waals surface area contributed by atoms with Crippen molar-refractivity contribution in [2.75, 3.05) is 20.3 Å². The number of nitrogens with two attached hydrogens (primary N) is 1.